The second-order valence-corrected chi connectivity index (χ2v) is 8.89. The van der Waals surface area contributed by atoms with Gasteiger partial charge in [-0.1, -0.05) is 6.07 Å². The van der Waals surface area contributed by atoms with Gasteiger partial charge in [-0.05, 0) is 50.2 Å². The molecule has 0 aliphatic rings. The summed E-state index contributed by atoms with van der Waals surface area (Å²) in [6, 6.07) is 9.31. The smallest absolute Gasteiger partial charge is 0.290 e. The molecule has 0 radical (unpaired) electrons. The standard InChI is InChI=1S/C26H29F2N3O6/c1-26(2,25(35)29-14-18-19(28)6-5-7-21(18)36-4)31(15-23(33)30(3)10-11-32)24(34)22-13-16-12-17(27)8-9-20(16)37-22/h5-9,12-13,32H,10-11,14-15H2,1-4H3,(H,29,35). The van der Waals surface area contributed by atoms with Crippen LogP contribution in [0.15, 0.2) is 46.9 Å². The summed E-state index contributed by atoms with van der Waals surface area (Å²) in [6.45, 7) is 1.83. The number of nitrogens with one attached hydrogen (secondary N) is 1. The number of amides is 3. The van der Waals surface area contributed by atoms with Gasteiger partial charge in [0.15, 0.2) is 5.76 Å². The Kier molecular flexibility index (Phi) is 8.49. The van der Waals surface area contributed by atoms with Crippen molar-refractivity contribution in [3.05, 3.63) is 65.4 Å². The second kappa shape index (κ2) is 11.4. The van der Waals surface area contributed by atoms with Gasteiger partial charge >= 0.3 is 0 Å². The molecule has 0 saturated heterocycles. The Balaban J connectivity index is 1.92. The minimum atomic E-state index is -1.62. The Labute approximate surface area is 212 Å². The summed E-state index contributed by atoms with van der Waals surface area (Å²) in [5.41, 5.74) is -1.25. The fourth-order valence-electron chi connectivity index (χ4n) is 3.72. The van der Waals surface area contributed by atoms with E-state index in [0.29, 0.717) is 5.39 Å². The van der Waals surface area contributed by atoms with E-state index >= 15 is 0 Å². The number of ether oxygens (including phenoxy) is 1. The van der Waals surface area contributed by atoms with E-state index in [1.807, 2.05) is 0 Å². The van der Waals surface area contributed by atoms with E-state index in [9.17, 15) is 28.3 Å². The molecule has 3 rings (SSSR count). The van der Waals surface area contributed by atoms with Crippen LogP contribution in [0.4, 0.5) is 8.78 Å². The van der Waals surface area contributed by atoms with Crippen LogP contribution in [0.2, 0.25) is 0 Å². The van der Waals surface area contributed by atoms with Gasteiger partial charge in [0.2, 0.25) is 11.8 Å². The SMILES string of the molecule is COc1cccc(F)c1CNC(=O)C(C)(C)N(CC(=O)N(C)CCO)C(=O)c1cc2cc(F)ccc2o1. The van der Waals surface area contributed by atoms with Crippen molar-refractivity contribution in [2.24, 2.45) is 0 Å². The highest BCUT2D eigenvalue weighted by atomic mass is 19.1. The van der Waals surface area contributed by atoms with Crippen LogP contribution < -0.4 is 10.1 Å². The highest BCUT2D eigenvalue weighted by Crippen LogP contribution is 2.26. The maximum absolute atomic E-state index is 14.3. The van der Waals surface area contributed by atoms with Crippen LogP contribution in [0.3, 0.4) is 0 Å². The third kappa shape index (κ3) is 6.05. The molecule has 1 aromatic heterocycles. The topological polar surface area (TPSA) is 112 Å². The minimum Gasteiger partial charge on any atom is -0.496 e. The molecule has 0 unspecified atom stereocenters. The zero-order valence-electron chi connectivity index (χ0n) is 21.0. The Hall–Kier alpha value is -3.99. The number of aliphatic hydroxyl groups is 1. The number of halogens is 2. The molecule has 3 amide bonds. The van der Waals surface area contributed by atoms with E-state index in [4.69, 9.17) is 9.15 Å². The van der Waals surface area contributed by atoms with E-state index in [2.05, 4.69) is 5.32 Å². The van der Waals surface area contributed by atoms with Gasteiger partial charge in [0.1, 0.15) is 35.1 Å². The summed E-state index contributed by atoms with van der Waals surface area (Å²) in [6.07, 6.45) is 0. The molecule has 0 atom stereocenters. The minimum absolute atomic E-state index is 0.0183. The van der Waals surface area contributed by atoms with Crippen molar-refractivity contribution < 1.29 is 37.4 Å². The number of carbonyl (C=O) groups is 3. The summed E-state index contributed by atoms with van der Waals surface area (Å²) < 4.78 is 38.7. The lowest BCUT2D eigenvalue weighted by molar-refractivity contribution is -0.136. The quantitative estimate of drug-likeness (QED) is 0.428. The number of carbonyl (C=O) groups excluding carboxylic acids is 3. The van der Waals surface area contributed by atoms with Crippen LogP contribution in [0.5, 0.6) is 5.75 Å². The van der Waals surface area contributed by atoms with Crippen molar-refractivity contribution in [2.45, 2.75) is 25.9 Å². The Morgan fingerprint density at radius 3 is 2.54 bits per heavy atom. The van der Waals surface area contributed by atoms with E-state index in [-0.39, 0.29) is 42.4 Å². The first-order chi connectivity index (χ1) is 17.5. The van der Waals surface area contributed by atoms with Crippen LogP contribution in [-0.2, 0) is 16.1 Å². The molecule has 0 fully saturated rings. The van der Waals surface area contributed by atoms with Gasteiger partial charge in [0, 0.05) is 31.1 Å². The number of fused-ring (bicyclic) bond motifs is 1. The van der Waals surface area contributed by atoms with E-state index < -0.39 is 41.4 Å². The van der Waals surface area contributed by atoms with Crippen molar-refractivity contribution in [3.63, 3.8) is 0 Å². The number of rotatable bonds is 10. The first-order valence-corrected chi connectivity index (χ1v) is 11.4. The average Bonchev–Trinajstić information content (AvgIpc) is 3.28. The highest BCUT2D eigenvalue weighted by molar-refractivity contribution is 6.01. The molecule has 0 aliphatic heterocycles. The van der Waals surface area contributed by atoms with Crippen molar-refractivity contribution in [3.8, 4) is 5.75 Å². The molecule has 11 heteroatoms. The predicted octanol–water partition coefficient (Wildman–Crippen LogP) is 2.71. The maximum atomic E-state index is 14.3. The molecule has 2 aromatic carbocycles. The molecule has 3 aromatic rings. The van der Waals surface area contributed by atoms with Crippen LogP contribution in [-0.4, -0.2) is 72.0 Å². The summed E-state index contributed by atoms with van der Waals surface area (Å²) in [7, 11) is 2.82. The van der Waals surface area contributed by atoms with E-state index in [0.717, 1.165) is 4.90 Å². The number of hydrogen-bond acceptors (Lipinski definition) is 6. The van der Waals surface area contributed by atoms with Gasteiger partial charge in [0.05, 0.1) is 13.7 Å². The van der Waals surface area contributed by atoms with Crippen molar-refractivity contribution in [1.82, 2.24) is 15.1 Å². The fraction of sp³-hybridized carbons (Fsp3) is 0.346. The lowest BCUT2D eigenvalue weighted by atomic mass is 10.00. The largest absolute Gasteiger partial charge is 0.496 e. The van der Waals surface area contributed by atoms with Crippen LogP contribution in [0.25, 0.3) is 11.0 Å². The molecule has 37 heavy (non-hydrogen) atoms. The van der Waals surface area contributed by atoms with Gasteiger partial charge in [-0.2, -0.15) is 0 Å². The second-order valence-electron chi connectivity index (χ2n) is 8.89. The molecular weight excluding hydrogens is 488 g/mol. The summed E-state index contributed by atoms with van der Waals surface area (Å²) in [5.74, 6) is -3.07. The molecule has 2 N–H and O–H groups in total. The molecule has 1 heterocycles. The number of hydrogen-bond donors (Lipinski definition) is 2. The number of nitrogens with zero attached hydrogens (tertiary/aromatic N) is 2. The number of methoxy groups -OCH3 is 1. The molecule has 198 valence electrons. The number of furan rings is 1. The Morgan fingerprint density at radius 1 is 1.14 bits per heavy atom. The Morgan fingerprint density at radius 2 is 1.86 bits per heavy atom. The van der Waals surface area contributed by atoms with Gasteiger partial charge < -0.3 is 29.4 Å². The van der Waals surface area contributed by atoms with Crippen LogP contribution in [0.1, 0.15) is 30.0 Å². The number of benzene rings is 2. The van der Waals surface area contributed by atoms with Crippen molar-refractivity contribution >= 4 is 28.7 Å². The fourth-order valence-corrected chi connectivity index (χ4v) is 3.72. The lowest BCUT2D eigenvalue weighted by Crippen LogP contribution is -2.59. The zero-order valence-corrected chi connectivity index (χ0v) is 21.0. The normalized spacial score (nSPS) is 11.3. The van der Waals surface area contributed by atoms with Crippen molar-refractivity contribution in [2.75, 3.05) is 33.9 Å². The van der Waals surface area contributed by atoms with Gasteiger partial charge in [-0.15, -0.1) is 0 Å². The molecule has 9 nitrogen and oxygen atoms in total. The maximum Gasteiger partial charge on any atom is 0.290 e. The summed E-state index contributed by atoms with van der Waals surface area (Å²) in [4.78, 5) is 41.9. The van der Waals surface area contributed by atoms with Gasteiger partial charge in [-0.3, -0.25) is 14.4 Å². The van der Waals surface area contributed by atoms with Gasteiger partial charge in [-0.25, -0.2) is 8.78 Å². The summed E-state index contributed by atoms with van der Waals surface area (Å²) in [5, 5.41) is 12.1. The third-order valence-corrected chi connectivity index (χ3v) is 6.04. The molecule has 0 saturated carbocycles. The first kappa shape index (κ1) is 27.6. The zero-order chi connectivity index (χ0) is 27.3. The molecule has 0 aliphatic carbocycles. The van der Waals surface area contributed by atoms with Gasteiger partial charge in [0.25, 0.3) is 5.91 Å². The van der Waals surface area contributed by atoms with E-state index in [1.54, 1.807) is 6.07 Å². The molecular formula is C26H29F2N3O6. The summed E-state index contributed by atoms with van der Waals surface area (Å²) >= 11 is 0. The Bertz CT molecular complexity index is 1310. The number of aliphatic hydroxyl groups excluding tert-OH is 1. The molecule has 0 spiro atoms. The highest BCUT2D eigenvalue weighted by Gasteiger charge is 2.41. The third-order valence-electron chi connectivity index (χ3n) is 6.04. The average molecular weight is 518 g/mol. The number of likely N-dealkylation sites (N-methyl/N-ethyl adjacent to an activating group) is 1. The predicted molar refractivity (Wildman–Crippen MR) is 131 cm³/mol. The monoisotopic (exact) mass is 517 g/mol. The van der Waals surface area contributed by atoms with Crippen LogP contribution >= 0.6 is 0 Å². The van der Waals surface area contributed by atoms with Crippen LogP contribution in [0, 0.1) is 11.6 Å². The van der Waals surface area contributed by atoms with Crippen molar-refractivity contribution in [1.29, 1.82) is 0 Å². The molecule has 0 bridgehead atoms. The lowest BCUT2D eigenvalue weighted by Gasteiger charge is -2.37. The first-order valence-electron chi connectivity index (χ1n) is 11.4. The van der Waals surface area contributed by atoms with E-state index in [1.165, 1.54) is 69.3 Å².